The summed E-state index contributed by atoms with van der Waals surface area (Å²) < 4.78 is 0. The van der Waals surface area contributed by atoms with Crippen molar-refractivity contribution >= 4 is 0 Å². The monoisotopic (exact) mass is 169 g/mol. The number of nitrogens with zero attached hydrogens (tertiary/aromatic N) is 1. The molecule has 12 heavy (non-hydrogen) atoms. The van der Waals surface area contributed by atoms with Crippen LogP contribution in [0.25, 0.3) is 0 Å². The van der Waals surface area contributed by atoms with Crippen molar-refractivity contribution in [2.45, 2.75) is 31.8 Å². The number of hydrogen-bond donors (Lipinski definition) is 1. The van der Waals surface area contributed by atoms with E-state index in [1.54, 1.807) is 0 Å². The van der Waals surface area contributed by atoms with E-state index in [1.165, 1.54) is 19.3 Å². The van der Waals surface area contributed by atoms with Gasteiger partial charge in [-0.25, -0.2) is 0 Å². The summed E-state index contributed by atoms with van der Waals surface area (Å²) in [5, 5.41) is 10.2. The Morgan fingerprint density at radius 3 is 2.25 bits per heavy atom. The van der Waals surface area contributed by atoms with Gasteiger partial charge in [0.25, 0.3) is 0 Å². The van der Waals surface area contributed by atoms with Crippen molar-refractivity contribution in [3.05, 3.63) is 0 Å². The largest absolute Gasteiger partial charge is 0.390 e. The number of hydrogen-bond acceptors (Lipinski definition) is 2. The minimum atomic E-state index is -0.370. The Morgan fingerprint density at radius 2 is 1.75 bits per heavy atom. The van der Waals surface area contributed by atoms with Gasteiger partial charge in [0.15, 0.2) is 0 Å². The summed E-state index contributed by atoms with van der Waals surface area (Å²) in [6.07, 6.45) is 3.75. The van der Waals surface area contributed by atoms with Crippen LogP contribution in [0.2, 0.25) is 0 Å². The second-order valence-electron chi connectivity index (χ2n) is 4.77. The standard InChI is InChI=1S/C10H19NO/c1-10(12)8-4-3-5-9(10)7-11(2)6-8/h8-9,12H,3-7H2,1-2H3. The summed E-state index contributed by atoms with van der Waals surface area (Å²) >= 11 is 0. The van der Waals surface area contributed by atoms with E-state index >= 15 is 0 Å². The summed E-state index contributed by atoms with van der Waals surface area (Å²) in [5.74, 6) is 1.05. The van der Waals surface area contributed by atoms with Gasteiger partial charge in [0.1, 0.15) is 0 Å². The molecule has 2 nitrogen and oxygen atoms in total. The molecule has 1 heterocycles. The maximum absolute atomic E-state index is 10.2. The van der Waals surface area contributed by atoms with Crippen molar-refractivity contribution < 1.29 is 5.11 Å². The average molecular weight is 169 g/mol. The van der Waals surface area contributed by atoms with Gasteiger partial charge in [-0.1, -0.05) is 6.42 Å². The molecule has 1 aliphatic carbocycles. The number of fused-ring (bicyclic) bond motifs is 2. The van der Waals surface area contributed by atoms with Crippen molar-refractivity contribution in [1.29, 1.82) is 0 Å². The van der Waals surface area contributed by atoms with E-state index in [0.717, 1.165) is 13.1 Å². The van der Waals surface area contributed by atoms with Gasteiger partial charge in [0, 0.05) is 24.9 Å². The molecule has 0 radical (unpaired) electrons. The number of likely N-dealkylation sites (tertiary alicyclic amines) is 1. The first-order valence-corrected chi connectivity index (χ1v) is 5.01. The SMILES string of the molecule is CN1CC2CCCC(C1)C2(C)O. The number of piperidine rings is 1. The van der Waals surface area contributed by atoms with Crippen LogP contribution in [0.5, 0.6) is 0 Å². The highest BCUT2D eigenvalue weighted by Crippen LogP contribution is 2.41. The van der Waals surface area contributed by atoms with E-state index in [4.69, 9.17) is 0 Å². The maximum atomic E-state index is 10.2. The van der Waals surface area contributed by atoms with Crippen LogP contribution in [-0.4, -0.2) is 35.7 Å². The molecule has 1 N–H and O–H groups in total. The molecule has 2 fully saturated rings. The summed E-state index contributed by atoms with van der Waals surface area (Å²) in [7, 11) is 2.17. The Balaban J connectivity index is 2.18. The summed E-state index contributed by atoms with van der Waals surface area (Å²) in [6, 6.07) is 0. The smallest absolute Gasteiger partial charge is 0.0700 e. The molecule has 0 aromatic heterocycles. The molecule has 70 valence electrons. The molecule has 2 rings (SSSR count). The van der Waals surface area contributed by atoms with E-state index in [9.17, 15) is 5.11 Å². The van der Waals surface area contributed by atoms with Gasteiger partial charge < -0.3 is 10.0 Å². The van der Waals surface area contributed by atoms with Crippen LogP contribution in [-0.2, 0) is 0 Å². The maximum Gasteiger partial charge on any atom is 0.0700 e. The Morgan fingerprint density at radius 1 is 1.25 bits per heavy atom. The zero-order chi connectivity index (χ0) is 8.77. The summed E-state index contributed by atoms with van der Waals surface area (Å²) in [5.41, 5.74) is -0.370. The van der Waals surface area contributed by atoms with Crippen molar-refractivity contribution in [3.8, 4) is 0 Å². The zero-order valence-electron chi connectivity index (χ0n) is 8.08. The van der Waals surface area contributed by atoms with Gasteiger partial charge in [-0.2, -0.15) is 0 Å². The lowest BCUT2D eigenvalue weighted by Crippen LogP contribution is -2.57. The van der Waals surface area contributed by atoms with Crippen LogP contribution in [0.4, 0.5) is 0 Å². The molecule has 2 aliphatic rings. The minimum Gasteiger partial charge on any atom is -0.390 e. The van der Waals surface area contributed by atoms with Crippen LogP contribution in [0.1, 0.15) is 26.2 Å². The number of aliphatic hydroxyl groups is 1. The lowest BCUT2D eigenvalue weighted by atomic mass is 9.67. The molecule has 0 aromatic carbocycles. The molecule has 0 spiro atoms. The normalized spacial score (nSPS) is 49.2. The third-order valence-corrected chi connectivity index (χ3v) is 3.82. The summed E-state index contributed by atoms with van der Waals surface area (Å²) in [4.78, 5) is 2.37. The highest BCUT2D eigenvalue weighted by molar-refractivity contribution is 4.98. The fourth-order valence-electron chi connectivity index (χ4n) is 2.91. The van der Waals surface area contributed by atoms with Gasteiger partial charge in [0.2, 0.25) is 0 Å². The van der Waals surface area contributed by atoms with Crippen LogP contribution in [0.15, 0.2) is 0 Å². The molecular weight excluding hydrogens is 150 g/mol. The molecule has 1 saturated heterocycles. The molecule has 2 unspecified atom stereocenters. The van der Waals surface area contributed by atoms with E-state index in [-0.39, 0.29) is 5.60 Å². The van der Waals surface area contributed by atoms with E-state index in [1.807, 2.05) is 6.92 Å². The molecule has 2 atom stereocenters. The van der Waals surface area contributed by atoms with Gasteiger partial charge in [-0.15, -0.1) is 0 Å². The molecular formula is C10H19NO. The predicted octanol–water partition coefficient (Wildman–Crippen LogP) is 1.10. The van der Waals surface area contributed by atoms with Crippen molar-refractivity contribution in [2.75, 3.05) is 20.1 Å². The lowest BCUT2D eigenvalue weighted by molar-refractivity contribution is -0.122. The molecule has 2 bridgehead atoms. The predicted molar refractivity (Wildman–Crippen MR) is 49.0 cm³/mol. The average Bonchev–Trinajstić information content (AvgIpc) is 1.92. The third-order valence-electron chi connectivity index (χ3n) is 3.82. The Labute approximate surface area is 74.6 Å². The first kappa shape index (κ1) is 8.52. The molecule has 0 aromatic rings. The van der Waals surface area contributed by atoms with Gasteiger partial charge >= 0.3 is 0 Å². The van der Waals surface area contributed by atoms with Crippen LogP contribution >= 0.6 is 0 Å². The van der Waals surface area contributed by atoms with Crippen molar-refractivity contribution in [2.24, 2.45) is 11.8 Å². The molecule has 1 aliphatic heterocycles. The van der Waals surface area contributed by atoms with Crippen molar-refractivity contribution in [3.63, 3.8) is 0 Å². The van der Waals surface area contributed by atoms with Gasteiger partial charge in [0.05, 0.1) is 5.60 Å². The van der Waals surface area contributed by atoms with Crippen molar-refractivity contribution in [1.82, 2.24) is 4.90 Å². The first-order valence-electron chi connectivity index (χ1n) is 5.01. The highest BCUT2D eigenvalue weighted by Gasteiger charge is 2.46. The lowest BCUT2D eigenvalue weighted by Gasteiger charge is -2.50. The Kier molecular flexibility index (Phi) is 1.92. The Hall–Kier alpha value is -0.0800. The molecule has 1 saturated carbocycles. The first-order chi connectivity index (χ1) is 5.60. The van der Waals surface area contributed by atoms with Gasteiger partial charge in [-0.3, -0.25) is 0 Å². The zero-order valence-corrected chi connectivity index (χ0v) is 8.08. The molecule has 2 heteroatoms. The van der Waals surface area contributed by atoms with E-state index in [0.29, 0.717) is 11.8 Å². The number of rotatable bonds is 0. The third kappa shape index (κ3) is 1.17. The topological polar surface area (TPSA) is 23.5 Å². The highest BCUT2D eigenvalue weighted by atomic mass is 16.3. The minimum absolute atomic E-state index is 0.370. The second-order valence-corrected chi connectivity index (χ2v) is 4.77. The fraction of sp³-hybridized carbons (Fsp3) is 1.00. The van der Waals surface area contributed by atoms with E-state index in [2.05, 4.69) is 11.9 Å². The second kappa shape index (κ2) is 2.71. The van der Waals surface area contributed by atoms with Crippen LogP contribution < -0.4 is 0 Å². The quantitative estimate of drug-likeness (QED) is 0.587. The summed E-state index contributed by atoms with van der Waals surface area (Å²) in [6.45, 7) is 4.21. The van der Waals surface area contributed by atoms with Gasteiger partial charge in [-0.05, 0) is 26.8 Å². The molecule has 0 amide bonds. The van der Waals surface area contributed by atoms with E-state index < -0.39 is 0 Å². The fourth-order valence-corrected chi connectivity index (χ4v) is 2.91. The van der Waals surface area contributed by atoms with Crippen LogP contribution in [0, 0.1) is 11.8 Å². The van der Waals surface area contributed by atoms with Crippen LogP contribution in [0.3, 0.4) is 0 Å². The Bertz CT molecular complexity index is 163.